The maximum Gasteiger partial charge on any atom is 0.303 e. The fraction of sp³-hybridized carbons (Fsp3) is 0.529. The molecule has 0 radical (unpaired) electrons. The van der Waals surface area contributed by atoms with Crippen molar-refractivity contribution in [3.63, 3.8) is 0 Å². The number of carboxylic acid groups (broad SMARTS) is 1. The summed E-state index contributed by atoms with van der Waals surface area (Å²) in [6.07, 6.45) is 2.50. The van der Waals surface area contributed by atoms with Gasteiger partial charge >= 0.3 is 5.97 Å². The van der Waals surface area contributed by atoms with Gasteiger partial charge in [-0.2, -0.15) is 0 Å². The molecule has 0 aliphatic rings. The number of hydrogen-bond acceptors (Lipinski definition) is 4. The quantitative estimate of drug-likeness (QED) is 0.525. The molecule has 3 N–H and O–H groups in total. The third-order valence-corrected chi connectivity index (χ3v) is 5.10. The molecule has 1 aromatic carbocycles. The maximum atomic E-state index is 11.5. The molecule has 0 saturated heterocycles. The number of carbonyl (C=O) groups is 1. The van der Waals surface area contributed by atoms with E-state index in [0.717, 1.165) is 24.1 Å². The molecule has 0 unspecified atom stereocenters. The molecule has 0 aliphatic heterocycles. The highest BCUT2D eigenvalue weighted by Gasteiger charge is 2.25. The summed E-state index contributed by atoms with van der Waals surface area (Å²) in [6.45, 7) is 6.52. The molecule has 0 atom stereocenters. The van der Waals surface area contributed by atoms with Gasteiger partial charge in [-0.05, 0) is 37.5 Å². The van der Waals surface area contributed by atoms with Crippen molar-refractivity contribution in [1.82, 2.24) is 0 Å². The Bertz CT molecular complexity index is 709. The van der Waals surface area contributed by atoms with Crippen LogP contribution in [0.4, 0.5) is 0 Å². The van der Waals surface area contributed by atoms with Gasteiger partial charge in [0.1, 0.15) is 0 Å². The number of aliphatic imine (C=N–C) groups is 1. The number of carboxylic acids is 1. The minimum Gasteiger partial charge on any atom is -0.481 e. The van der Waals surface area contributed by atoms with E-state index in [9.17, 15) is 13.2 Å². The van der Waals surface area contributed by atoms with Crippen LogP contribution in [0, 0.1) is 0 Å². The van der Waals surface area contributed by atoms with Gasteiger partial charge < -0.3 is 5.11 Å². The van der Waals surface area contributed by atoms with Crippen molar-refractivity contribution in [2.24, 2.45) is 10.1 Å². The number of sulfonamides is 1. The van der Waals surface area contributed by atoms with Gasteiger partial charge in [0.15, 0.2) is 0 Å². The number of hydrogen-bond donors (Lipinski definition) is 2. The van der Waals surface area contributed by atoms with Crippen LogP contribution in [0.3, 0.4) is 0 Å². The van der Waals surface area contributed by atoms with Crippen LogP contribution < -0.4 is 5.14 Å². The molecular weight excluding hydrogens is 328 g/mol. The van der Waals surface area contributed by atoms with Crippen LogP contribution in [0.1, 0.15) is 52.0 Å². The van der Waals surface area contributed by atoms with E-state index in [4.69, 9.17) is 10.2 Å². The number of aliphatic carboxylic acids is 1. The van der Waals surface area contributed by atoms with Crippen LogP contribution in [-0.4, -0.2) is 31.8 Å². The van der Waals surface area contributed by atoms with E-state index in [1.807, 2.05) is 26.8 Å². The second-order valence-electron chi connectivity index (χ2n) is 6.37. The Hall–Kier alpha value is -1.73. The van der Waals surface area contributed by atoms with E-state index < -0.39 is 21.4 Å². The smallest absolute Gasteiger partial charge is 0.303 e. The summed E-state index contributed by atoms with van der Waals surface area (Å²) in [4.78, 5) is 15.1. The van der Waals surface area contributed by atoms with Gasteiger partial charge in [0.25, 0.3) is 0 Å². The van der Waals surface area contributed by atoms with Gasteiger partial charge in [-0.3, -0.25) is 9.79 Å². The number of unbranched alkanes of at least 4 members (excludes halogenated alkanes) is 2. The lowest BCUT2D eigenvalue weighted by atomic mass is 9.80. The highest BCUT2D eigenvalue weighted by atomic mass is 32.2. The van der Waals surface area contributed by atoms with Crippen LogP contribution in [0.5, 0.6) is 0 Å². The summed E-state index contributed by atoms with van der Waals surface area (Å²) >= 11 is 0. The number of benzene rings is 1. The first-order valence-corrected chi connectivity index (χ1v) is 9.46. The maximum absolute atomic E-state index is 11.5. The Morgan fingerprint density at radius 3 is 2.50 bits per heavy atom. The van der Waals surface area contributed by atoms with Crippen molar-refractivity contribution in [2.75, 3.05) is 6.54 Å². The van der Waals surface area contributed by atoms with Crippen LogP contribution in [0.2, 0.25) is 0 Å². The molecule has 0 fully saturated rings. The van der Waals surface area contributed by atoms with Crippen LogP contribution >= 0.6 is 0 Å². The minimum atomic E-state index is -3.73. The van der Waals surface area contributed by atoms with E-state index in [2.05, 4.69) is 4.99 Å². The fourth-order valence-electron chi connectivity index (χ4n) is 2.28. The van der Waals surface area contributed by atoms with Crippen molar-refractivity contribution in [2.45, 2.75) is 56.8 Å². The van der Waals surface area contributed by atoms with Crippen LogP contribution in [0.15, 0.2) is 34.2 Å². The third-order valence-electron chi connectivity index (χ3n) is 4.19. The zero-order valence-electron chi connectivity index (χ0n) is 14.4. The molecule has 0 bridgehead atoms. The zero-order valence-corrected chi connectivity index (χ0v) is 15.3. The molecule has 1 rings (SSSR count). The molecule has 0 saturated carbocycles. The Kier molecular flexibility index (Phi) is 7.10. The van der Waals surface area contributed by atoms with E-state index in [1.54, 1.807) is 12.1 Å². The van der Waals surface area contributed by atoms with E-state index in [0.29, 0.717) is 13.0 Å². The number of primary sulfonamides is 1. The van der Waals surface area contributed by atoms with Gasteiger partial charge in [-0.25, -0.2) is 13.6 Å². The van der Waals surface area contributed by atoms with Gasteiger partial charge in [0, 0.05) is 24.1 Å². The number of rotatable bonds is 9. The summed E-state index contributed by atoms with van der Waals surface area (Å²) in [5, 5.41) is 13.8. The normalized spacial score (nSPS) is 13.1. The molecule has 0 spiro atoms. The van der Waals surface area contributed by atoms with Crippen LogP contribution in [-0.2, 0) is 20.2 Å². The lowest BCUT2D eigenvalue weighted by Crippen LogP contribution is -2.27. The van der Waals surface area contributed by atoms with Crippen molar-refractivity contribution >= 4 is 21.7 Å². The Labute approximate surface area is 143 Å². The molecule has 0 aliphatic carbocycles. The molecule has 134 valence electrons. The summed E-state index contributed by atoms with van der Waals surface area (Å²) in [7, 11) is -3.73. The fourth-order valence-corrected chi connectivity index (χ4v) is 2.84. The van der Waals surface area contributed by atoms with E-state index >= 15 is 0 Å². The molecule has 6 nitrogen and oxygen atoms in total. The second kappa shape index (κ2) is 8.39. The van der Waals surface area contributed by atoms with Crippen molar-refractivity contribution < 1.29 is 18.3 Å². The first-order chi connectivity index (χ1) is 11.0. The van der Waals surface area contributed by atoms with Gasteiger partial charge in [0.2, 0.25) is 10.0 Å². The monoisotopic (exact) mass is 354 g/mol. The highest BCUT2D eigenvalue weighted by molar-refractivity contribution is 7.89. The summed E-state index contributed by atoms with van der Waals surface area (Å²) < 4.78 is 23.0. The molecule has 0 aromatic heterocycles. The van der Waals surface area contributed by atoms with E-state index in [-0.39, 0.29) is 11.3 Å². The number of nitrogens with two attached hydrogens (primary N) is 1. The van der Waals surface area contributed by atoms with Crippen molar-refractivity contribution in [1.29, 1.82) is 0 Å². The minimum absolute atomic E-state index is 0.0922. The van der Waals surface area contributed by atoms with Crippen molar-refractivity contribution in [3.8, 4) is 0 Å². The second-order valence-corrected chi connectivity index (χ2v) is 7.93. The Morgan fingerprint density at radius 2 is 1.92 bits per heavy atom. The average Bonchev–Trinajstić information content (AvgIpc) is 2.49. The third kappa shape index (κ3) is 6.05. The molecule has 24 heavy (non-hydrogen) atoms. The molecular formula is C17H26N2O4S. The first kappa shape index (κ1) is 20.3. The standard InChI is InChI=1S/C17H26N2O4S/c1-13(19-11-6-4-5-10-16(20)21)17(2,3)14-8-7-9-15(12-14)24(18,22)23/h7-9,12H,4-6,10-11H2,1-3H3,(H,20,21)(H2,18,22,23). The SMILES string of the molecule is CC(=NCCCCCC(=O)O)C(C)(C)c1cccc(S(N)(=O)=O)c1. The average molecular weight is 354 g/mol. The summed E-state index contributed by atoms with van der Waals surface area (Å²) in [5.41, 5.74) is 1.32. The Balaban J connectivity index is 2.76. The molecule has 7 heteroatoms. The number of nitrogens with zero attached hydrogens (tertiary/aromatic N) is 1. The molecule has 0 heterocycles. The first-order valence-electron chi connectivity index (χ1n) is 7.92. The van der Waals surface area contributed by atoms with Crippen LogP contribution in [0.25, 0.3) is 0 Å². The predicted molar refractivity (Wildman–Crippen MR) is 94.9 cm³/mol. The van der Waals surface area contributed by atoms with Crippen molar-refractivity contribution in [3.05, 3.63) is 29.8 Å². The van der Waals surface area contributed by atoms with Gasteiger partial charge in [-0.15, -0.1) is 0 Å². The highest BCUT2D eigenvalue weighted by Crippen LogP contribution is 2.27. The predicted octanol–water partition coefficient (Wildman–Crippen LogP) is 2.72. The van der Waals surface area contributed by atoms with Gasteiger partial charge in [-0.1, -0.05) is 32.4 Å². The lowest BCUT2D eigenvalue weighted by Gasteiger charge is -2.26. The molecule has 1 aromatic rings. The zero-order chi connectivity index (χ0) is 18.4. The lowest BCUT2D eigenvalue weighted by molar-refractivity contribution is -0.137. The summed E-state index contributed by atoms with van der Waals surface area (Å²) in [5.74, 6) is -0.773. The summed E-state index contributed by atoms with van der Waals surface area (Å²) in [6, 6.07) is 6.60. The Morgan fingerprint density at radius 1 is 1.25 bits per heavy atom. The molecule has 0 amide bonds. The van der Waals surface area contributed by atoms with Gasteiger partial charge in [0.05, 0.1) is 4.90 Å². The topological polar surface area (TPSA) is 110 Å². The largest absolute Gasteiger partial charge is 0.481 e. The van der Waals surface area contributed by atoms with E-state index in [1.165, 1.54) is 6.07 Å².